The van der Waals surface area contributed by atoms with Gasteiger partial charge in [0, 0.05) is 17.7 Å². The molecule has 1 aliphatic carbocycles. The molecule has 88 valence electrons. The fraction of sp³-hybridized carbons (Fsp3) is 0.200. The molecular formula is C15H18N2. The Morgan fingerprint density at radius 2 is 1.88 bits per heavy atom. The summed E-state index contributed by atoms with van der Waals surface area (Å²) in [4.78, 5) is 0. The van der Waals surface area contributed by atoms with Gasteiger partial charge in [0.25, 0.3) is 0 Å². The molecule has 2 heteroatoms. The molecule has 0 saturated heterocycles. The van der Waals surface area contributed by atoms with E-state index in [1.54, 1.807) is 0 Å². The van der Waals surface area contributed by atoms with Gasteiger partial charge in [-0.05, 0) is 17.5 Å². The SMILES string of the molecule is C=C1C(=C)C(NCc2cccc(CC)c2)=C1N. The lowest BCUT2D eigenvalue weighted by molar-refractivity contribution is 0.789. The molecule has 0 unspecified atom stereocenters. The van der Waals surface area contributed by atoms with Crippen LogP contribution < -0.4 is 11.1 Å². The van der Waals surface area contributed by atoms with Crippen molar-refractivity contribution in [1.82, 2.24) is 5.32 Å². The van der Waals surface area contributed by atoms with E-state index in [0.717, 1.165) is 35.5 Å². The highest BCUT2D eigenvalue weighted by Crippen LogP contribution is 2.31. The molecule has 0 saturated carbocycles. The van der Waals surface area contributed by atoms with Crippen LogP contribution in [0.2, 0.25) is 0 Å². The first kappa shape index (κ1) is 11.5. The van der Waals surface area contributed by atoms with E-state index in [2.05, 4.69) is 49.7 Å². The molecule has 0 amide bonds. The van der Waals surface area contributed by atoms with Gasteiger partial charge in [0.05, 0.1) is 11.4 Å². The molecule has 0 aromatic heterocycles. The second-order valence-corrected chi connectivity index (χ2v) is 4.27. The summed E-state index contributed by atoms with van der Waals surface area (Å²) in [5.74, 6) is 0. The van der Waals surface area contributed by atoms with Gasteiger partial charge in [-0.15, -0.1) is 0 Å². The molecule has 0 radical (unpaired) electrons. The van der Waals surface area contributed by atoms with E-state index in [0.29, 0.717) is 0 Å². The van der Waals surface area contributed by atoms with Gasteiger partial charge >= 0.3 is 0 Å². The molecule has 2 rings (SSSR count). The zero-order valence-electron chi connectivity index (χ0n) is 10.2. The zero-order valence-corrected chi connectivity index (χ0v) is 10.2. The van der Waals surface area contributed by atoms with Crippen molar-refractivity contribution in [1.29, 1.82) is 0 Å². The lowest BCUT2D eigenvalue weighted by atomic mass is 9.90. The Bertz CT molecular complexity index is 509. The number of aryl methyl sites for hydroxylation is 1. The molecule has 2 nitrogen and oxygen atoms in total. The van der Waals surface area contributed by atoms with Crippen molar-refractivity contribution in [2.75, 3.05) is 0 Å². The van der Waals surface area contributed by atoms with E-state index in [1.807, 2.05) is 0 Å². The monoisotopic (exact) mass is 226 g/mol. The number of nitrogens with two attached hydrogens (primary N) is 1. The molecule has 0 atom stereocenters. The zero-order chi connectivity index (χ0) is 12.4. The fourth-order valence-electron chi connectivity index (χ4n) is 1.92. The Morgan fingerprint density at radius 1 is 1.18 bits per heavy atom. The smallest absolute Gasteiger partial charge is 0.0657 e. The van der Waals surface area contributed by atoms with E-state index in [4.69, 9.17) is 5.73 Å². The lowest BCUT2D eigenvalue weighted by Gasteiger charge is -2.27. The second kappa shape index (κ2) is 4.50. The van der Waals surface area contributed by atoms with Crippen LogP contribution in [-0.4, -0.2) is 0 Å². The van der Waals surface area contributed by atoms with Crippen LogP contribution in [0.1, 0.15) is 18.1 Å². The molecule has 0 aliphatic heterocycles. The van der Waals surface area contributed by atoms with Crippen LogP contribution >= 0.6 is 0 Å². The Morgan fingerprint density at radius 3 is 2.53 bits per heavy atom. The van der Waals surface area contributed by atoms with Gasteiger partial charge in [-0.2, -0.15) is 0 Å². The van der Waals surface area contributed by atoms with Crippen LogP contribution in [0.3, 0.4) is 0 Å². The van der Waals surface area contributed by atoms with Crippen molar-refractivity contribution in [2.24, 2.45) is 5.73 Å². The van der Waals surface area contributed by atoms with Gasteiger partial charge < -0.3 is 11.1 Å². The quantitative estimate of drug-likeness (QED) is 0.828. The number of rotatable bonds is 4. The molecule has 1 aromatic rings. The molecular weight excluding hydrogens is 208 g/mol. The molecule has 0 heterocycles. The summed E-state index contributed by atoms with van der Waals surface area (Å²) >= 11 is 0. The van der Waals surface area contributed by atoms with Gasteiger partial charge in [-0.25, -0.2) is 0 Å². The molecule has 3 N–H and O–H groups in total. The largest absolute Gasteiger partial charge is 0.397 e. The van der Waals surface area contributed by atoms with Gasteiger partial charge in [0.1, 0.15) is 0 Å². The first-order valence-corrected chi connectivity index (χ1v) is 5.83. The maximum atomic E-state index is 5.83. The van der Waals surface area contributed by atoms with Crippen LogP contribution in [0.5, 0.6) is 0 Å². The molecule has 1 aliphatic rings. The van der Waals surface area contributed by atoms with E-state index in [9.17, 15) is 0 Å². The van der Waals surface area contributed by atoms with Crippen LogP contribution in [0.4, 0.5) is 0 Å². The van der Waals surface area contributed by atoms with Crippen molar-refractivity contribution < 1.29 is 0 Å². The van der Waals surface area contributed by atoms with E-state index in [-0.39, 0.29) is 0 Å². The average molecular weight is 226 g/mol. The van der Waals surface area contributed by atoms with Crippen molar-refractivity contribution >= 4 is 0 Å². The van der Waals surface area contributed by atoms with Crippen molar-refractivity contribution in [3.05, 3.63) is 71.1 Å². The number of allylic oxidation sites excluding steroid dienone is 2. The number of benzene rings is 1. The summed E-state index contributed by atoms with van der Waals surface area (Å²) in [6.45, 7) is 10.7. The minimum atomic E-state index is 0.738. The molecule has 0 spiro atoms. The number of hydrogen-bond donors (Lipinski definition) is 2. The second-order valence-electron chi connectivity index (χ2n) is 4.27. The average Bonchev–Trinajstić information content (AvgIpc) is 2.38. The highest BCUT2D eigenvalue weighted by atomic mass is 14.9. The highest BCUT2D eigenvalue weighted by Gasteiger charge is 2.23. The van der Waals surface area contributed by atoms with Crippen molar-refractivity contribution in [3.8, 4) is 0 Å². The maximum Gasteiger partial charge on any atom is 0.0657 e. The van der Waals surface area contributed by atoms with Gasteiger partial charge in [0.2, 0.25) is 0 Å². The third-order valence-electron chi connectivity index (χ3n) is 3.13. The van der Waals surface area contributed by atoms with Gasteiger partial charge in [0.15, 0.2) is 0 Å². The first-order valence-electron chi connectivity index (χ1n) is 5.83. The normalized spacial score (nSPS) is 14.9. The first-order chi connectivity index (χ1) is 8.13. The standard InChI is InChI=1S/C15H18N2/c1-4-12-6-5-7-13(8-12)9-17-15-11(3)10(2)14(15)16/h5-8,17H,2-4,9,16H2,1H3. The van der Waals surface area contributed by atoms with Gasteiger partial charge in [-0.1, -0.05) is 44.3 Å². The van der Waals surface area contributed by atoms with Crippen LogP contribution in [0.25, 0.3) is 0 Å². The van der Waals surface area contributed by atoms with Crippen molar-refractivity contribution in [3.63, 3.8) is 0 Å². The Hall–Kier alpha value is -1.96. The predicted molar refractivity (Wildman–Crippen MR) is 72.2 cm³/mol. The van der Waals surface area contributed by atoms with E-state index < -0.39 is 0 Å². The molecule has 17 heavy (non-hydrogen) atoms. The summed E-state index contributed by atoms with van der Waals surface area (Å²) in [7, 11) is 0. The van der Waals surface area contributed by atoms with Crippen LogP contribution in [-0.2, 0) is 13.0 Å². The minimum absolute atomic E-state index is 0.738. The van der Waals surface area contributed by atoms with Crippen molar-refractivity contribution in [2.45, 2.75) is 19.9 Å². The Kier molecular flexibility index (Phi) is 3.05. The molecule has 0 fully saturated rings. The van der Waals surface area contributed by atoms with Crippen LogP contribution in [0.15, 0.2) is 60.0 Å². The number of nitrogens with one attached hydrogen (secondary N) is 1. The third kappa shape index (κ3) is 2.11. The summed E-state index contributed by atoms with van der Waals surface area (Å²) in [6, 6.07) is 8.54. The fourth-order valence-corrected chi connectivity index (χ4v) is 1.92. The Balaban J connectivity index is 2.04. The summed E-state index contributed by atoms with van der Waals surface area (Å²) < 4.78 is 0. The Labute approximate surface area is 103 Å². The molecule has 0 bridgehead atoms. The minimum Gasteiger partial charge on any atom is -0.397 e. The highest BCUT2D eigenvalue weighted by molar-refractivity contribution is 5.65. The molecule has 1 aromatic carbocycles. The summed E-state index contributed by atoms with van der Waals surface area (Å²) in [6.07, 6.45) is 1.06. The summed E-state index contributed by atoms with van der Waals surface area (Å²) in [5.41, 5.74) is 11.9. The van der Waals surface area contributed by atoms with E-state index >= 15 is 0 Å². The van der Waals surface area contributed by atoms with E-state index in [1.165, 1.54) is 11.1 Å². The predicted octanol–water partition coefficient (Wildman–Crippen LogP) is 2.63. The number of hydrogen-bond acceptors (Lipinski definition) is 2. The summed E-state index contributed by atoms with van der Waals surface area (Å²) in [5, 5.41) is 3.31. The maximum absolute atomic E-state index is 5.83. The van der Waals surface area contributed by atoms with Crippen LogP contribution in [0, 0.1) is 0 Å². The topological polar surface area (TPSA) is 38.0 Å². The lowest BCUT2D eigenvalue weighted by Crippen LogP contribution is -2.28. The van der Waals surface area contributed by atoms with Gasteiger partial charge in [-0.3, -0.25) is 0 Å². The third-order valence-corrected chi connectivity index (χ3v) is 3.13.